The van der Waals surface area contributed by atoms with Crippen LogP contribution in [0.1, 0.15) is 24.0 Å². The molecule has 0 saturated heterocycles. The number of hydrogen-bond donors (Lipinski definition) is 1. The van der Waals surface area contributed by atoms with Crippen molar-refractivity contribution in [2.75, 3.05) is 0 Å². The molecule has 2 heterocycles. The SMILES string of the molecule is FC(F)(F)c1cc(Cl)ccc1OC1CC(NCc2cccn3ccnc23)C1. The molecule has 142 valence electrons. The van der Waals surface area contributed by atoms with Gasteiger partial charge in [-0.1, -0.05) is 17.7 Å². The highest BCUT2D eigenvalue weighted by atomic mass is 35.5. The topological polar surface area (TPSA) is 38.6 Å². The van der Waals surface area contributed by atoms with E-state index in [9.17, 15) is 13.2 Å². The first kappa shape index (κ1) is 18.1. The predicted molar refractivity (Wildman–Crippen MR) is 95.9 cm³/mol. The lowest BCUT2D eigenvalue weighted by molar-refractivity contribution is -0.139. The summed E-state index contributed by atoms with van der Waals surface area (Å²) in [5.41, 5.74) is 1.13. The van der Waals surface area contributed by atoms with Crippen molar-refractivity contribution in [3.63, 3.8) is 0 Å². The molecule has 4 nitrogen and oxygen atoms in total. The van der Waals surface area contributed by atoms with Crippen molar-refractivity contribution in [2.45, 2.75) is 37.7 Å². The smallest absolute Gasteiger partial charge is 0.420 e. The third-order valence-electron chi connectivity index (χ3n) is 4.72. The van der Waals surface area contributed by atoms with Gasteiger partial charge in [-0.3, -0.25) is 0 Å². The molecular weight excluding hydrogens is 379 g/mol. The van der Waals surface area contributed by atoms with Crippen LogP contribution in [0.25, 0.3) is 5.65 Å². The van der Waals surface area contributed by atoms with E-state index >= 15 is 0 Å². The van der Waals surface area contributed by atoms with Gasteiger partial charge in [-0.25, -0.2) is 4.98 Å². The Morgan fingerprint density at radius 3 is 2.81 bits per heavy atom. The number of alkyl halides is 3. The van der Waals surface area contributed by atoms with E-state index in [1.54, 1.807) is 6.20 Å². The zero-order chi connectivity index (χ0) is 19.0. The lowest BCUT2D eigenvalue weighted by atomic mass is 9.89. The number of nitrogens with zero attached hydrogens (tertiary/aromatic N) is 2. The van der Waals surface area contributed by atoms with E-state index < -0.39 is 11.7 Å². The number of hydrogen-bond acceptors (Lipinski definition) is 3. The van der Waals surface area contributed by atoms with Crippen LogP contribution >= 0.6 is 11.6 Å². The normalized spacial score (nSPS) is 19.9. The number of benzene rings is 1. The van der Waals surface area contributed by atoms with Crippen molar-refractivity contribution in [1.29, 1.82) is 0 Å². The fourth-order valence-electron chi connectivity index (χ4n) is 3.24. The molecule has 0 unspecified atom stereocenters. The quantitative estimate of drug-likeness (QED) is 0.680. The molecule has 0 aliphatic heterocycles. The maximum atomic E-state index is 13.1. The Bertz CT molecular complexity index is 951. The van der Waals surface area contributed by atoms with E-state index in [4.69, 9.17) is 16.3 Å². The van der Waals surface area contributed by atoms with Crippen LogP contribution in [0.2, 0.25) is 5.02 Å². The summed E-state index contributed by atoms with van der Waals surface area (Å²) in [6.45, 7) is 0.646. The Balaban J connectivity index is 1.34. The molecule has 1 aliphatic rings. The Labute approximate surface area is 158 Å². The highest BCUT2D eigenvalue weighted by Gasteiger charge is 2.37. The van der Waals surface area contributed by atoms with Gasteiger partial charge in [0.2, 0.25) is 0 Å². The van der Waals surface area contributed by atoms with Crippen LogP contribution in [0.15, 0.2) is 48.9 Å². The molecule has 0 bridgehead atoms. The molecular formula is C19H17ClF3N3O. The van der Waals surface area contributed by atoms with Crippen molar-refractivity contribution < 1.29 is 17.9 Å². The monoisotopic (exact) mass is 395 g/mol. The molecule has 1 aliphatic carbocycles. The van der Waals surface area contributed by atoms with Crippen molar-refractivity contribution in [1.82, 2.24) is 14.7 Å². The van der Waals surface area contributed by atoms with Crippen LogP contribution in [0.4, 0.5) is 13.2 Å². The molecule has 0 atom stereocenters. The Morgan fingerprint density at radius 2 is 2.04 bits per heavy atom. The Morgan fingerprint density at radius 1 is 1.22 bits per heavy atom. The molecule has 4 rings (SSSR count). The molecule has 0 radical (unpaired) electrons. The number of ether oxygens (including phenoxy) is 1. The molecule has 0 spiro atoms. The van der Waals surface area contributed by atoms with Gasteiger partial charge in [0.1, 0.15) is 17.5 Å². The van der Waals surface area contributed by atoms with Gasteiger partial charge in [-0.15, -0.1) is 0 Å². The summed E-state index contributed by atoms with van der Waals surface area (Å²) in [6.07, 6.45) is 2.13. The largest absolute Gasteiger partial charge is 0.490 e. The summed E-state index contributed by atoms with van der Waals surface area (Å²) in [6, 6.07) is 7.75. The van der Waals surface area contributed by atoms with Crippen molar-refractivity contribution in [2.24, 2.45) is 0 Å². The maximum Gasteiger partial charge on any atom is 0.420 e. The van der Waals surface area contributed by atoms with Crippen molar-refractivity contribution in [3.8, 4) is 5.75 Å². The van der Waals surface area contributed by atoms with E-state index in [1.807, 2.05) is 28.9 Å². The average molecular weight is 396 g/mol. The summed E-state index contributed by atoms with van der Waals surface area (Å²) in [7, 11) is 0. The fourth-order valence-corrected chi connectivity index (χ4v) is 3.41. The minimum Gasteiger partial charge on any atom is -0.490 e. The molecule has 1 fully saturated rings. The Kier molecular flexibility index (Phi) is 4.74. The summed E-state index contributed by atoms with van der Waals surface area (Å²) >= 11 is 5.69. The first-order chi connectivity index (χ1) is 12.9. The second kappa shape index (κ2) is 7.05. The van der Waals surface area contributed by atoms with Crippen LogP contribution in [-0.2, 0) is 12.7 Å². The van der Waals surface area contributed by atoms with Gasteiger partial charge < -0.3 is 14.5 Å². The maximum absolute atomic E-state index is 13.1. The highest BCUT2D eigenvalue weighted by Crippen LogP contribution is 2.39. The Hall–Kier alpha value is -2.25. The summed E-state index contributed by atoms with van der Waals surface area (Å²) in [4.78, 5) is 4.33. The first-order valence-corrected chi connectivity index (χ1v) is 8.95. The van der Waals surface area contributed by atoms with Gasteiger partial charge >= 0.3 is 6.18 Å². The minimum atomic E-state index is -4.50. The van der Waals surface area contributed by atoms with E-state index in [2.05, 4.69) is 10.3 Å². The number of pyridine rings is 1. The third-order valence-corrected chi connectivity index (χ3v) is 4.95. The lowest BCUT2D eigenvalue weighted by Crippen LogP contribution is -2.46. The molecule has 1 N–H and O–H groups in total. The van der Waals surface area contributed by atoms with E-state index in [1.165, 1.54) is 12.1 Å². The number of nitrogens with one attached hydrogen (secondary N) is 1. The van der Waals surface area contributed by atoms with Gasteiger partial charge in [0.25, 0.3) is 0 Å². The standard InChI is InChI=1S/C19H17ClF3N3O/c20-13-3-4-17(16(8-13)19(21,22)23)27-15-9-14(10-15)25-11-12-2-1-6-26-7-5-24-18(12)26/h1-8,14-15,25H,9-11H2. The number of rotatable bonds is 5. The fraction of sp³-hybridized carbons (Fsp3) is 0.316. The molecule has 0 amide bonds. The summed E-state index contributed by atoms with van der Waals surface area (Å²) in [5.74, 6) is -0.169. The second-order valence-electron chi connectivity index (χ2n) is 6.62. The third kappa shape index (κ3) is 3.89. The molecule has 8 heteroatoms. The lowest BCUT2D eigenvalue weighted by Gasteiger charge is -2.36. The predicted octanol–water partition coefficient (Wildman–Crippen LogP) is 4.71. The van der Waals surface area contributed by atoms with Gasteiger partial charge in [0.05, 0.1) is 5.56 Å². The van der Waals surface area contributed by atoms with Crippen LogP contribution in [0, 0.1) is 0 Å². The first-order valence-electron chi connectivity index (χ1n) is 8.57. The van der Waals surface area contributed by atoms with Crippen LogP contribution in [0.3, 0.4) is 0 Å². The van der Waals surface area contributed by atoms with Gasteiger partial charge in [0.15, 0.2) is 0 Å². The van der Waals surface area contributed by atoms with Gasteiger partial charge in [-0.2, -0.15) is 13.2 Å². The summed E-state index contributed by atoms with van der Waals surface area (Å²) < 4.78 is 46.9. The number of halogens is 4. The van der Waals surface area contributed by atoms with Gasteiger partial charge in [0, 0.05) is 41.8 Å². The average Bonchev–Trinajstić information content (AvgIpc) is 3.06. The van der Waals surface area contributed by atoms with Crippen LogP contribution < -0.4 is 10.1 Å². The minimum absolute atomic E-state index is 0.0380. The van der Waals surface area contributed by atoms with E-state index in [0.717, 1.165) is 17.3 Å². The van der Waals surface area contributed by atoms with Crippen LogP contribution in [-0.4, -0.2) is 21.5 Å². The van der Waals surface area contributed by atoms with Crippen molar-refractivity contribution >= 4 is 17.2 Å². The number of fused-ring (bicyclic) bond motifs is 1. The molecule has 1 aromatic carbocycles. The van der Waals surface area contributed by atoms with E-state index in [-0.39, 0.29) is 22.9 Å². The molecule has 1 saturated carbocycles. The zero-order valence-electron chi connectivity index (χ0n) is 14.2. The summed E-state index contributed by atoms with van der Waals surface area (Å²) in [5, 5.41) is 3.45. The number of imidazole rings is 1. The second-order valence-corrected chi connectivity index (χ2v) is 7.06. The van der Waals surface area contributed by atoms with Crippen LogP contribution in [0.5, 0.6) is 5.75 Å². The molecule has 27 heavy (non-hydrogen) atoms. The van der Waals surface area contributed by atoms with Gasteiger partial charge in [-0.05, 0) is 37.1 Å². The number of aromatic nitrogens is 2. The highest BCUT2D eigenvalue weighted by molar-refractivity contribution is 6.30. The van der Waals surface area contributed by atoms with Crippen molar-refractivity contribution in [3.05, 3.63) is 65.1 Å². The zero-order valence-corrected chi connectivity index (χ0v) is 15.0. The van der Waals surface area contributed by atoms with E-state index in [0.29, 0.717) is 19.4 Å². The molecule has 3 aromatic rings. The molecule has 2 aromatic heterocycles.